The van der Waals surface area contributed by atoms with Crippen molar-refractivity contribution in [2.75, 3.05) is 6.54 Å². The predicted molar refractivity (Wildman–Crippen MR) is 120 cm³/mol. The fourth-order valence-corrected chi connectivity index (χ4v) is 6.99. The summed E-state index contributed by atoms with van der Waals surface area (Å²) in [6.07, 6.45) is 22.5. The van der Waals surface area contributed by atoms with E-state index in [-0.39, 0.29) is 11.1 Å². The van der Waals surface area contributed by atoms with Gasteiger partial charge in [-0.2, -0.15) is 5.06 Å². The number of hydrogen-bond acceptors (Lipinski definition) is 2. The molecule has 2 heteroatoms. The number of hydrogen-bond donors (Lipinski definition) is 0. The van der Waals surface area contributed by atoms with Gasteiger partial charge in [0.15, 0.2) is 0 Å². The molecule has 4 fully saturated rings. The van der Waals surface area contributed by atoms with Crippen LogP contribution in [-0.2, 0) is 4.84 Å². The van der Waals surface area contributed by atoms with Crippen molar-refractivity contribution in [2.45, 2.75) is 142 Å². The lowest BCUT2D eigenvalue weighted by atomic mass is 9.54. The summed E-state index contributed by atoms with van der Waals surface area (Å²) < 4.78 is 0. The van der Waals surface area contributed by atoms with Gasteiger partial charge < -0.3 is 0 Å². The molecule has 0 radical (unpaired) electrons. The third kappa shape index (κ3) is 5.97. The molecule has 0 aromatic rings. The van der Waals surface area contributed by atoms with Crippen molar-refractivity contribution < 1.29 is 4.84 Å². The molecule has 4 aliphatic carbocycles. The first kappa shape index (κ1) is 22.6. The second-order valence-corrected chi connectivity index (χ2v) is 11.3. The van der Waals surface area contributed by atoms with E-state index in [2.05, 4.69) is 32.8 Å². The molecular weight excluding hydrogens is 342 g/mol. The van der Waals surface area contributed by atoms with Crippen LogP contribution in [-0.4, -0.2) is 22.7 Å². The van der Waals surface area contributed by atoms with E-state index in [4.69, 9.17) is 4.84 Å². The predicted octanol–water partition coefficient (Wildman–Crippen LogP) is 7.91. The van der Waals surface area contributed by atoms with E-state index < -0.39 is 0 Å². The zero-order valence-corrected chi connectivity index (χ0v) is 19.6. The average Bonchev–Trinajstić information content (AvgIpc) is 2.63. The Morgan fingerprint density at radius 2 is 1.21 bits per heavy atom. The Labute approximate surface area is 176 Å². The first-order chi connectivity index (χ1) is 13.5. The average molecular weight is 392 g/mol. The Kier molecular flexibility index (Phi) is 8.31. The maximum absolute atomic E-state index is 6.93. The van der Waals surface area contributed by atoms with Crippen molar-refractivity contribution in [3.63, 3.8) is 0 Å². The van der Waals surface area contributed by atoms with Crippen molar-refractivity contribution in [1.82, 2.24) is 5.06 Å². The molecule has 0 heterocycles. The molecule has 0 saturated heterocycles. The minimum atomic E-state index is 0.166. The molecule has 0 atom stereocenters. The van der Waals surface area contributed by atoms with E-state index in [1.54, 1.807) is 0 Å². The normalized spacial score (nSPS) is 31.8. The molecular formula is C26H49NO. The zero-order valence-electron chi connectivity index (χ0n) is 19.6. The summed E-state index contributed by atoms with van der Waals surface area (Å²) >= 11 is 0. The van der Waals surface area contributed by atoms with Crippen LogP contribution >= 0.6 is 0 Å². The maximum atomic E-state index is 6.93. The van der Waals surface area contributed by atoms with Crippen LogP contribution in [0.1, 0.15) is 130 Å². The smallest absolute Gasteiger partial charge is 0.0907 e. The molecule has 0 spiro atoms. The van der Waals surface area contributed by atoms with Gasteiger partial charge in [0, 0.05) is 12.1 Å². The highest BCUT2D eigenvalue weighted by atomic mass is 16.7. The summed E-state index contributed by atoms with van der Waals surface area (Å²) in [5, 5.41) is 2.39. The molecule has 28 heavy (non-hydrogen) atoms. The molecule has 4 aliphatic rings. The molecule has 2 nitrogen and oxygen atoms in total. The number of unbranched alkanes of at least 4 members (excludes halogenated alkanes) is 8. The Hall–Kier alpha value is -0.0800. The van der Waals surface area contributed by atoms with Gasteiger partial charge in [0.25, 0.3) is 0 Å². The molecule has 4 saturated carbocycles. The van der Waals surface area contributed by atoms with Gasteiger partial charge in [0.2, 0.25) is 0 Å². The van der Waals surface area contributed by atoms with Gasteiger partial charge in [-0.3, -0.25) is 4.84 Å². The summed E-state index contributed by atoms with van der Waals surface area (Å²) in [5.74, 6) is 2.89. The zero-order chi connectivity index (χ0) is 20.0. The number of nitrogens with zero attached hydrogens (tertiary/aromatic N) is 1. The fourth-order valence-electron chi connectivity index (χ4n) is 6.99. The van der Waals surface area contributed by atoms with E-state index >= 15 is 0 Å². The van der Waals surface area contributed by atoms with Crippen molar-refractivity contribution in [3.05, 3.63) is 0 Å². The van der Waals surface area contributed by atoms with E-state index in [0.29, 0.717) is 0 Å². The molecule has 0 amide bonds. The SMILES string of the molecule is CCCCCCCCCCCC(C)(C)N(CC)OC12CC3CC(CC(C3)C1)C2. The van der Waals surface area contributed by atoms with Gasteiger partial charge in [-0.05, 0) is 76.5 Å². The maximum Gasteiger partial charge on any atom is 0.0907 e. The fraction of sp³-hybridized carbons (Fsp3) is 1.00. The van der Waals surface area contributed by atoms with Crippen LogP contribution in [0, 0.1) is 17.8 Å². The second-order valence-electron chi connectivity index (χ2n) is 11.3. The van der Waals surface area contributed by atoms with Gasteiger partial charge in [0.05, 0.1) is 5.60 Å². The molecule has 164 valence electrons. The molecule has 4 bridgehead atoms. The quantitative estimate of drug-likeness (QED) is 0.220. The highest BCUT2D eigenvalue weighted by Gasteiger charge is 2.53. The molecule has 0 N–H and O–H groups in total. The summed E-state index contributed by atoms with van der Waals surface area (Å²) in [5.41, 5.74) is 0.361. The highest BCUT2D eigenvalue weighted by molar-refractivity contribution is 5.03. The molecule has 0 unspecified atom stereocenters. The second kappa shape index (κ2) is 10.3. The number of rotatable bonds is 14. The first-order valence-electron chi connectivity index (χ1n) is 12.9. The Balaban J connectivity index is 1.38. The first-order valence-corrected chi connectivity index (χ1v) is 12.9. The van der Waals surface area contributed by atoms with Crippen LogP contribution in [0.5, 0.6) is 0 Å². The highest BCUT2D eigenvalue weighted by Crippen LogP contribution is 2.57. The minimum absolute atomic E-state index is 0.166. The van der Waals surface area contributed by atoms with Crippen molar-refractivity contribution >= 4 is 0 Å². The van der Waals surface area contributed by atoms with E-state index in [1.807, 2.05) is 0 Å². The van der Waals surface area contributed by atoms with Crippen LogP contribution < -0.4 is 0 Å². The Morgan fingerprint density at radius 3 is 1.68 bits per heavy atom. The lowest BCUT2D eigenvalue weighted by molar-refractivity contribution is -0.320. The van der Waals surface area contributed by atoms with Crippen LogP contribution in [0.4, 0.5) is 0 Å². The van der Waals surface area contributed by atoms with Crippen LogP contribution in [0.2, 0.25) is 0 Å². The molecule has 4 rings (SSSR count). The van der Waals surface area contributed by atoms with Crippen LogP contribution in [0.15, 0.2) is 0 Å². The van der Waals surface area contributed by atoms with E-state index in [1.165, 1.54) is 103 Å². The molecule has 0 aliphatic heterocycles. The van der Waals surface area contributed by atoms with Gasteiger partial charge in [-0.25, -0.2) is 0 Å². The third-order valence-electron chi connectivity index (χ3n) is 8.14. The monoisotopic (exact) mass is 391 g/mol. The topological polar surface area (TPSA) is 12.5 Å². The largest absolute Gasteiger partial charge is 0.292 e. The van der Waals surface area contributed by atoms with Gasteiger partial charge >= 0.3 is 0 Å². The Morgan fingerprint density at radius 1 is 0.750 bits per heavy atom. The third-order valence-corrected chi connectivity index (χ3v) is 8.14. The standard InChI is InChI=1S/C26H49NO/c1-5-7-8-9-10-11-12-13-14-15-25(3,4)27(6-2)28-26-19-22-16-23(20-26)18-24(17-22)21-26/h22-24H,5-21H2,1-4H3. The number of hydroxylamine groups is 2. The van der Waals surface area contributed by atoms with Crippen molar-refractivity contribution in [3.8, 4) is 0 Å². The van der Waals surface area contributed by atoms with Gasteiger partial charge in [-0.1, -0.05) is 71.6 Å². The van der Waals surface area contributed by atoms with Crippen LogP contribution in [0.3, 0.4) is 0 Å². The summed E-state index contributed by atoms with van der Waals surface area (Å²) in [6.45, 7) is 10.4. The van der Waals surface area contributed by atoms with Gasteiger partial charge in [-0.15, -0.1) is 0 Å². The molecule has 0 aromatic carbocycles. The summed E-state index contributed by atoms with van der Waals surface area (Å²) in [7, 11) is 0. The van der Waals surface area contributed by atoms with Gasteiger partial charge in [0.1, 0.15) is 0 Å². The van der Waals surface area contributed by atoms with Crippen LogP contribution in [0.25, 0.3) is 0 Å². The van der Waals surface area contributed by atoms with Crippen molar-refractivity contribution in [2.24, 2.45) is 17.8 Å². The molecule has 0 aromatic heterocycles. The summed E-state index contributed by atoms with van der Waals surface area (Å²) in [6, 6.07) is 0. The lowest BCUT2D eigenvalue weighted by Crippen LogP contribution is -2.57. The minimum Gasteiger partial charge on any atom is -0.292 e. The summed E-state index contributed by atoms with van der Waals surface area (Å²) in [4.78, 5) is 6.93. The van der Waals surface area contributed by atoms with E-state index in [9.17, 15) is 0 Å². The van der Waals surface area contributed by atoms with Crippen molar-refractivity contribution in [1.29, 1.82) is 0 Å². The lowest BCUT2D eigenvalue weighted by Gasteiger charge is -2.58. The van der Waals surface area contributed by atoms with E-state index in [0.717, 1.165) is 24.3 Å². The Bertz CT molecular complexity index is 422.